The summed E-state index contributed by atoms with van der Waals surface area (Å²) in [5.74, 6) is 1.61. The van der Waals surface area contributed by atoms with Crippen molar-refractivity contribution < 1.29 is 17.9 Å². The van der Waals surface area contributed by atoms with Gasteiger partial charge in [0.25, 0.3) is 0 Å². The predicted octanol–water partition coefficient (Wildman–Crippen LogP) is 1.96. The minimum atomic E-state index is -3.41. The molecule has 1 fully saturated rings. The lowest BCUT2D eigenvalue weighted by Gasteiger charge is -2.34. The van der Waals surface area contributed by atoms with Gasteiger partial charge >= 0.3 is 0 Å². The van der Waals surface area contributed by atoms with E-state index < -0.39 is 10.0 Å². The van der Waals surface area contributed by atoms with Crippen LogP contribution in [0, 0.1) is 0 Å². The van der Waals surface area contributed by atoms with E-state index in [-0.39, 0.29) is 0 Å². The molecule has 26 heavy (non-hydrogen) atoms. The molecule has 6 nitrogen and oxygen atoms in total. The molecule has 0 N–H and O–H groups in total. The molecule has 1 saturated heterocycles. The van der Waals surface area contributed by atoms with Gasteiger partial charge in [-0.1, -0.05) is 30.3 Å². The summed E-state index contributed by atoms with van der Waals surface area (Å²) in [6.07, 6.45) is 0. The fourth-order valence-electron chi connectivity index (χ4n) is 3.37. The Hall–Kier alpha value is -2.09. The zero-order valence-electron chi connectivity index (χ0n) is 14.5. The van der Waals surface area contributed by atoms with Gasteiger partial charge in [0.05, 0.1) is 4.90 Å². The third-order valence-corrected chi connectivity index (χ3v) is 6.67. The maximum absolute atomic E-state index is 12.7. The molecular weight excluding hydrogens is 352 g/mol. The molecule has 7 heteroatoms. The topological polar surface area (TPSA) is 59.1 Å². The van der Waals surface area contributed by atoms with Crippen molar-refractivity contribution in [3.63, 3.8) is 0 Å². The smallest absolute Gasteiger partial charge is 0.243 e. The molecule has 0 unspecified atom stereocenters. The zero-order valence-corrected chi connectivity index (χ0v) is 15.3. The first-order valence-electron chi connectivity index (χ1n) is 8.80. The standard InChI is InChI=1S/C19H22N2O4S/c22-26(23,17-6-2-1-3-7-17)21-11-9-20(10-12-21)15-16-5-4-8-18-19(16)25-14-13-24-18/h1-8H,9-15H2. The minimum Gasteiger partial charge on any atom is -0.486 e. The Morgan fingerprint density at radius 2 is 1.58 bits per heavy atom. The van der Waals surface area contributed by atoms with Crippen LogP contribution in [0.3, 0.4) is 0 Å². The molecule has 2 aliphatic heterocycles. The number of piperazine rings is 1. The van der Waals surface area contributed by atoms with Crippen molar-refractivity contribution in [2.45, 2.75) is 11.4 Å². The van der Waals surface area contributed by atoms with Crippen LogP contribution in [0.4, 0.5) is 0 Å². The fraction of sp³-hybridized carbons (Fsp3) is 0.368. The summed E-state index contributed by atoms with van der Waals surface area (Å²) < 4.78 is 38.4. The highest BCUT2D eigenvalue weighted by Crippen LogP contribution is 2.34. The Morgan fingerprint density at radius 1 is 0.846 bits per heavy atom. The van der Waals surface area contributed by atoms with Crippen molar-refractivity contribution in [1.82, 2.24) is 9.21 Å². The molecule has 0 saturated carbocycles. The van der Waals surface area contributed by atoms with Crippen LogP contribution >= 0.6 is 0 Å². The van der Waals surface area contributed by atoms with Crippen LogP contribution in [-0.4, -0.2) is 57.0 Å². The van der Waals surface area contributed by atoms with Gasteiger partial charge in [0, 0.05) is 38.3 Å². The second kappa shape index (κ2) is 7.26. The highest BCUT2D eigenvalue weighted by Gasteiger charge is 2.29. The van der Waals surface area contributed by atoms with E-state index in [1.165, 1.54) is 0 Å². The number of benzene rings is 2. The van der Waals surface area contributed by atoms with Gasteiger partial charge in [-0.05, 0) is 18.2 Å². The number of ether oxygens (including phenoxy) is 2. The van der Waals surface area contributed by atoms with Crippen molar-refractivity contribution in [2.75, 3.05) is 39.4 Å². The maximum Gasteiger partial charge on any atom is 0.243 e. The third-order valence-electron chi connectivity index (χ3n) is 4.75. The Bertz CT molecular complexity index is 862. The van der Waals surface area contributed by atoms with Crippen LogP contribution in [0.25, 0.3) is 0 Å². The predicted molar refractivity (Wildman–Crippen MR) is 97.9 cm³/mol. The Balaban J connectivity index is 1.42. The van der Waals surface area contributed by atoms with E-state index in [1.807, 2.05) is 24.3 Å². The first-order chi connectivity index (χ1) is 12.6. The van der Waals surface area contributed by atoms with E-state index in [1.54, 1.807) is 28.6 Å². The molecule has 0 atom stereocenters. The van der Waals surface area contributed by atoms with Gasteiger partial charge in [0.1, 0.15) is 13.2 Å². The molecule has 138 valence electrons. The van der Waals surface area contributed by atoms with Crippen molar-refractivity contribution in [3.8, 4) is 11.5 Å². The van der Waals surface area contributed by atoms with E-state index in [9.17, 15) is 8.42 Å². The van der Waals surface area contributed by atoms with Crippen LogP contribution < -0.4 is 9.47 Å². The van der Waals surface area contributed by atoms with Gasteiger partial charge in [-0.3, -0.25) is 4.90 Å². The largest absolute Gasteiger partial charge is 0.486 e. The molecule has 4 rings (SSSR count). The molecule has 0 aliphatic carbocycles. The molecule has 2 aromatic rings. The molecule has 0 aromatic heterocycles. The molecule has 2 aromatic carbocycles. The second-order valence-corrected chi connectivity index (χ2v) is 8.37. The van der Waals surface area contributed by atoms with Crippen molar-refractivity contribution in [2.24, 2.45) is 0 Å². The van der Waals surface area contributed by atoms with Gasteiger partial charge in [-0.25, -0.2) is 8.42 Å². The summed E-state index contributed by atoms with van der Waals surface area (Å²) in [5.41, 5.74) is 1.08. The molecule has 2 heterocycles. The molecule has 0 amide bonds. The van der Waals surface area contributed by atoms with Gasteiger partial charge in [0.15, 0.2) is 11.5 Å². The van der Waals surface area contributed by atoms with Crippen molar-refractivity contribution in [1.29, 1.82) is 0 Å². The Labute approximate surface area is 154 Å². The molecule has 0 bridgehead atoms. The van der Waals surface area contributed by atoms with Crippen LogP contribution in [-0.2, 0) is 16.6 Å². The molecule has 2 aliphatic rings. The van der Waals surface area contributed by atoms with E-state index in [4.69, 9.17) is 9.47 Å². The third kappa shape index (κ3) is 3.42. The summed E-state index contributed by atoms with van der Waals surface area (Å²) in [6, 6.07) is 14.6. The van der Waals surface area contributed by atoms with Gasteiger partial charge in [0.2, 0.25) is 10.0 Å². The lowest BCUT2D eigenvalue weighted by Crippen LogP contribution is -2.48. The van der Waals surface area contributed by atoms with Crippen LogP contribution in [0.5, 0.6) is 11.5 Å². The highest BCUT2D eigenvalue weighted by atomic mass is 32.2. The summed E-state index contributed by atoms with van der Waals surface area (Å²) in [5, 5.41) is 0. The second-order valence-electron chi connectivity index (χ2n) is 6.43. The van der Waals surface area contributed by atoms with E-state index in [0.29, 0.717) is 44.3 Å². The number of hydrogen-bond donors (Lipinski definition) is 0. The molecule has 0 radical (unpaired) electrons. The number of rotatable bonds is 4. The van der Waals surface area contributed by atoms with E-state index in [2.05, 4.69) is 4.90 Å². The lowest BCUT2D eigenvalue weighted by atomic mass is 10.1. The Kier molecular flexibility index (Phi) is 4.84. The lowest BCUT2D eigenvalue weighted by molar-refractivity contribution is 0.158. The van der Waals surface area contributed by atoms with E-state index >= 15 is 0 Å². The normalized spacial score (nSPS) is 18.6. The monoisotopic (exact) mass is 374 g/mol. The fourth-order valence-corrected chi connectivity index (χ4v) is 4.81. The average Bonchev–Trinajstić information content (AvgIpc) is 2.69. The highest BCUT2D eigenvalue weighted by molar-refractivity contribution is 7.89. The first-order valence-corrected chi connectivity index (χ1v) is 10.2. The van der Waals surface area contributed by atoms with Gasteiger partial charge < -0.3 is 9.47 Å². The quantitative estimate of drug-likeness (QED) is 0.819. The first kappa shape index (κ1) is 17.3. The number of hydrogen-bond acceptors (Lipinski definition) is 5. The SMILES string of the molecule is O=S(=O)(c1ccccc1)N1CCN(Cc2cccc3c2OCCO3)CC1. The Morgan fingerprint density at radius 3 is 2.35 bits per heavy atom. The minimum absolute atomic E-state index is 0.358. The summed E-state index contributed by atoms with van der Waals surface area (Å²) in [4.78, 5) is 2.61. The summed E-state index contributed by atoms with van der Waals surface area (Å²) >= 11 is 0. The van der Waals surface area contributed by atoms with Crippen LogP contribution in [0.2, 0.25) is 0 Å². The number of sulfonamides is 1. The maximum atomic E-state index is 12.7. The van der Waals surface area contributed by atoms with Crippen molar-refractivity contribution in [3.05, 3.63) is 54.1 Å². The summed E-state index contributed by atoms with van der Waals surface area (Å²) in [6.45, 7) is 4.23. The van der Waals surface area contributed by atoms with Crippen LogP contribution in [0.15, 0.2) is 53.4 Å². The number of nitrogens with zero attached hydrogens (tertiary/aromatic N) is 2. The van der Waals surface area contributed by atoms with E-state index in [0.717, 1.165) is 23.6 Å². The zero-order chi connectivity index (χ0) is 18.0. The van der Waals surface area contributed by atoms with Gasteiger partial charge in [-0.15, -0.1) is 0 Å². The van der Waals surface area contributed by atoms with Crippen LogP contribution in [0.1, 0.15) is 5.56 Å². The number of fused-ring (bicyclic) bond motifs is 1. The van der Waals surface area contributed by atoms with Gasteiger partial charge in [-0.2, -0.15) is 4.31 Å². The molecule has 0 spiro atoms. The number of para-hydroxylation sites is 1. The molecular formula is C19H22N2O4S. The summed E-state index contributed by atoms with van der Waals surface area (Å²) in [7, 11) is -3.41. The van der Waals surface area contributed by atoms with Crippen molar-refractivity contribution >= 4 is 10.0 Å². The average molecular weight is 374 g/mol.